The number of ether oxygens (including phenoxy) is 1. The van der Waals surface area contributed by atoms with Crippen LogP contribution in [0, 0.1) is 22.0 Å². The van der Waals surface area contributed by atoms with Gasteiger partial charge in [-0.15, -0.1) is 0 Å². The number of hydrogen-bond acceptors (Lipinski definition) is 5. The Balaban J connectivity index is 1.47. The van der Waals surface area contributed by atoms with Gasteiger partial charge in [-0.2, -0.15) is 13.2 Å². The summed E-state index contributed by atoms with van der Waals surface area (Å²) in [6.45, 7) is 2.69. The number of nitrogens with zero attached hydrogens (tertiary/aromatic N) is 2. The first-order valence-electron chi connectivity index (χ1n) is 10.2. The molecule has 1 aromatic carbocycles. The maximum Gasteiger partial charge on any atom is 0.416 e. The summed E-state index contributed by atoms with van der Waals surface area (Å²) in [6, 6.07) is 2.56. The number of anilines is 1. The van der Waals surface area contributed by atoms with Crippen molar-refractivity contribution in [1.82, 2.24) is 5.32 Å². The molecule has 7 nitrogen and oxygen atoms in total. The van der Waals surface area contributed by atoms with Gasteiger partial charge in [-0.25, -0.2) is 0 Å². The molecule has 1 aliphatic carbocycles. The maximum absolute atomic E-state index is 12.9. The lowest BCUT2D eigenvalue weighted by atomic mass is 9.95. The highest BCUT2D eigenvalue weighted by Gasteiger charge is 2.34. The van der Waals surface area contributed by atoms with Crippen LogP contribution in [0.5, 0.6) is 0 Å². The van der Waals surface area contributed by atoms with Crippen LogP contribution in [0.1, 0.15) is 37.7 Å². The number of nitrogens with one attached hydrogen (secondary N) is 1. The minimum atomic E-state index is -4.64. The van der Waals surface area contributed by atoms with Crippen molar-refractivity contribution in [3.05, 3.63) is 33.9 Å². The third kappa shape index (κ3) is 6.07. The van der Waals surface area contributed by atoms with Crippen LogP contribution < -0.4 is 10.2 Å². The van der Waals surface area contributed by atoms with Gasteiger partial charge in [-0.05, 0) is 50.2 Å². The highest BCUT2D eigenvalue weighted by atomic mass is 19.4. The van der Waals surface area contributed by atoms with Crippen LogP contribution in [-0.2, 0) is 15.7 Å². The summed E-state index contributed by atoms with van der Waals surface area (Å²) in [5.41, 5.74) is -1.47. The van der Waals surface area contributed by atoms with Crippen molar-refractivity contribution >= 4 is 17.3 Å². The number of piperidine rings is 1. The van der Waals surface area contributed by atoms with Crippen LogP contribution in [0.3, 0.4) is 0 Å². The largest absolute Gasteiger partial charge is 0.416 e. The van der Waals surface area contributed by atoms with E-state index in [2.05, 4.69) is 5.32 Å². The average Bonchev–Trinajstić information content (AvgIpc) is 3.54. The number of amides is 1. The Labute approximate surface area is 172 Å². The van der Waals surface area contributed by atoms with Gasteiger partial charge in [-0.1, -0.05) is 0 Å². The predicted molar refractivity (Wildman–Crippen MR) is 104 cm³/mol. The number of benzene rings is 1. The molecule has 1 aliphatic heterocycles. The lowest BCUT2D eigenvalue weighted by molar-refractivity contribution is -0.384. The summed E-state index contributed by atoms with van der Waals surface area (Å²) in [5, 5.41) is 14.2. The molecule has 0 aromatic heterocycles. The molecule has 2 aliphatic rings. The zero-order valence-electron chi connectivity index (χ0n) is 16.6. The lowest BCUT2D eigenvalue weighted by Crippen LogP contribution is -2.41. The van der Waals surface area contributed by atoms with E-state index in [1.54, 1.807) is 4.90 Å². The molecule has 3 rings (SSSR count). The van der Waals surface area contributed by atoms with Crippen LogP contribution in [0.4, 0.5) is 24.5 Å². The second kappa shape index (κ2) is 9.63. The normalized spacial score (nSPS) is 17.8. The Hall–Kier alpha value is -2.36. The summed E-state index contributed by atoms with van der Waals surface area (Å²) in [7, 11) is 0. The van der Waals surface area contributed by atoms with E-state index in [0.717, 1.165) is 25.2 Å². The molecule has 0 atom stereocenters. The standard InChI is InChI=1S/C20H26F3N3O4/c21-20(22,23)16-4-5-17(18(12-16)26(28)29)25-9-6-15(7-10-25)19(27)24-8-1-11-30-13-14-2-3-14/h4-5,12,14-15H,1-3,6-11,13H2,(H,24,27). The Bertz CT molecular complexity index is 760. The van der Waals surface area contributed by atoms with Gasteiger partial charge in [0.25, 0.3) is 5.69 Å². The zero-order chi connectivity index (χ0) is 21.7. The highest BCUT2D eigenvalue weighted by molar-refractivity contribution is 5.79. The molecule has 1 N–H and O–H groups in total. The summed E-state index contributed by atoms with van der Waals surface area (Å²) < 4.78 is 44.1. The summed E-state index contributed by atoms with van der Waals surface area (Å²) in [6.07, 6.45) is -0.438. The monoisotopic (exact) mass is 429 g/mol. The van der Waals surface area contributed by atoms with Crippen molar-refractivity contribution in [2.24, 2.45) is 11.8 Å². The molecule has 0 radical (unpaired) electrons. The van der Waals surface area contributed by atoms with E-state index >= 15 is 0 Å². The van der Waals surface area contributed by atoms with Gasteiger partial charge < -0.3 is 15.0 Å². The van der Waals surface area contributed by atoms with Gasteiger partial charge in [0.05, 0.1) is 10.5 Å². The summed E-state index contributed by atoms with van der Waals surface area (Å²) in [4.78, 5) is 24.5. The number of nitro groups is 1. The Morgan fingerprint density at radius 3 is 2.53 bits per heavy atom. The minimum Gasteiger partial charge on any atom is -0.381 e. The Kier molecular flexibility index (Phi) is 7.17. The highest BCUT2D eigenvalue weighted by Crippen LogP contribution is 2.37. The smallest absolute Gasteiger partial charge is 0.381 e. The number of alkyl halides is 3. The van der Waals surface area contributed by atoms with Crippen molar-refractivity contribution in [2.45, 2.75) is 38.3 Å². The molecule has 30 heavy (non-hydrogen) atoms. The van der Waals surface area contributed by atoms with Crippen LogP contribution in [0.15, 0.2) is 18.2 Å². The van der Waals surface area contributed by atoms with Crippen molar-refractivity contribution in [1.29, 1.82) is 0 Å². The fourth-order valence-corrected chi connectivity index (χ4v) is 3.56. The number of carbonyl (C=O) groups is 1. The van der Waals surface area contributed by atoms with E-state index < -0.39 is 22.4 Å². The first-order valence-corrected chi connectivity index (χ1v) is 10.2. The maximum atomic E-state index is 12.9. The molecular formula is C20H26F3N3O4. The SMILES string of the molecule is O=C(NCCCOCC1CC1)C1CCN(c2ccc(C(F)(F)F)cc2[N+](=O)[O-])CC1. The molecule has 166 valence electrons. The molecule has 2 fully saturated rings. The topological polar surface area (TPSA) is 84.7 Å². The van der Waals surface area contributed by atoms with Gasteiger partial charge in [0.1, 0.15) is 5.69 Å². The van der Waals surface area contributed by atoms with Crippen molar-refractivity contribution in [3.63, 3.8) is 0 Å². The van der Waals surface area contributed by atoms with Gasteiger partial charge in [0, 0.05) is 44.8 Å². The number of hydrogen-bond donors (Lipinski definition) is 1. The first kappa shape index (κ1) is 22.3. The summed E-state index contributed by atoms with van der Waals surface area (Å²) >= 11 is 0. The Morgan fingerprint density at radius 1 is 1.23 bits per heavy atom. The third-order valence-electron chi connectivity index (χ3n) is 5.52. The number of carbonyl (C=O) groups excluding carboxylic acids is 1. The summed E-state index contributed by atoms with van der Waals surface area (Å²) in [5.74, 6) is 0.450. The van der Waals surface area contributed by atoms with Crippen LogP contribution >= 0.6 is 0 Å². The quantitative estimate of drug-likeness (QED) is 0.367. The minimum absolute atomic E-state index is 0.0567. The lowest BCUT2D eigenvalue weighted by Gasteiger charge is -2.32. The first-order chi connectivity index (χ1) is 14.3. The van der Waals surface area contributed by atoms with E-state index in [9.17, 15) is 28.1 Å². The number of halogens is 3. The molecule has 0 unspecified atom stereocenters. The van der Waals surface area contributed by atoms with Crippen LogP contribution in [-0.4, -0.2) is 43.7 Å². The second-order valence-corrected chi connectivity index (χ2v) is 7.88. The third-order valence-corrected chi connectivity index (χ3v) is 5.52. The molecule has 1 saturated carbocycles. The van der Waals surface area contributed by atoms with E-state index in [4.69, 9.17) is 4.74 Å². The number of nitro benzene ring substituents is 1. The molecule has 1 aromatic rings. The van der Waals surface area contributed by atoms with E-state index in [-0.39, 0.29) is 17.5 Å². The molecular weight excluding hydrogens is 403 g/mol. The van der Waals surface area contributed by atoms with Crippen molar-refractivity contribution in [3.8, 4) is 0 Å². The van der Waals surface area contributed by atoms with Gasteiger partial charge in [-0.3, -0.25) is 14.9 Å². The molecule has 1 saturated heterocycles. The van der Waals surface area contributed by atoms with Gasteiger partial charge in [0.15, 0.2) is 0 Å². The Morgan fingerprint density at radius 2 is 1.93 bits per heavy atom. The molecule has 10 heteroatoms. The van der Waals surface area contributed by atoms with Gasteiger partial charge >= 0.3 is 6.18 Å². The van der Waals surface area contributed by atoms with Crippen LogP contribution in [0.25, 0.3) is 0 Å². The van der Waals surface area contributed by atoms with Crippen molar-refractivity contribution in [2.75, 3.05) is 37.7 Å². The van der Waals surface area contributed by atoms with Crippen molar-refractivity contribution < 1.29 is 27.6 Å². The fourth-order valence-electron chi connectivity index (χ4n) is 3.56. The predicted octanol–water partition coefficient (Wildman–Crippen LogP) is 3.76. The molecule has 0 bridgehead atoms. The molecule has 1 amide bonds. The molecule has 1 heterocycles. The van der Waals surface area contributed by atoms with E-state index in [1.165, 1.54) is 12.8 Å². The van der Waals surface area contributed by atoms with Crippen LogP contribution in [0.2, 0.25) is 0 Å². The van der Waals surface area contributed by atoms with E-state index in [1.807, 2.05) is 0 Å². The fraction of sp³-hybridized carbons (Fsp3) is 0.650. The second-order valence-electron chi connectivity index (χ2n) is 7.88. The average molecular weight is 429 g/mol. The zero-order valence-corrected chi connectivity index (χ0v) is 16.6. The van der Waals surface area contributed by atoms with Gasteiger partial charge in [0.2, 0.25) is 5.91 Å². The van der Waals surface area contributed by atoms with E-state index in [0.29, 0.717) is 51.1 Å². The molecule has 0 spiro atoms. The number of rotatable bonds is 9.